The number of rotatable bonds is 4. The topological polar surface area (TPSA) is 39.2 Å². The maximum atomic E-state index is 11.0. The first-order valence-corrected chi connectivity index (χ1v) is 7.56. The lowest BCUT2D eigenvalue weighted by Crippen LogP contribution is -1.96. The molecule has 0 atom stereocenters. The summed E-state index contributed by atoms with van der Waals surface area (Å²) in [4.78, 5) is 15.4. The molecule has 0 aliphatic rings. The molecule has 0 bridgehead atoms. The molecular formula is C17H12INO2. The second-order valence-corrected chi connectivity index (χ2v) is 5.64. The maximum absolute atomic E-state index is 11.0. The zero-order valence-electron chi connectivity index (χ0n) is 11.1. The van der Waals surface area contributed by atoms with Crippen molar-refractivity contribution in [3.8, 4) is 5.75 Å². The number of fused-ring (bicyclic) bond motifs is 1. The van der Waals surface area contributed by atoms with Crippen LogP contribution >= 0.6 is 22.6 Å². The summed E-state index contributed by atoms with van der Waals surface area (Å²) in [6.07, 6.45) is 0.825. The highest BCUT2D eigenvalue weighted by Gasteiger charge is 2.05. The van der Waals surface area contributed by atoms with E-state index in [0.29, 0.717) is 15.9 Å². The quantitative estimate of drug-likeness (QED) is 0.381. The number of nitrogens with zero attached hydrogens (tertiary/aromatic N) is 1. The van der Waals surface area contributed by atoms with Gasteiger partial charge in [0.1, 0.15) is 16.1 Å². The van der Waals surface area contributed by atoms with Crippen molar-refractivity contribution < 1.29 is 9.53 Å². The number of halogens is 1. The van der Waals surface area contributed by atoms with Crippen LogP contribution in [0.1, 0.15) is 15.9 Å². The van der Waals surface area contributed by atoms with Crippen molar-refractivity contribution in [2.45, 2.75) is 6.61 Å². The predicted molar refractivity (Wildman–Crippen MR) is 90.6 cm³/mol. The summed E-state index contributed by atoms with van der Waals surface area (Å²) in [5.41, 5.74) is 2.58. The number of aromatic nitrogens is 1. The van der Waals surface area contributed by atoms with E-state index in [2.05, 4.69) is 27.6 Å². The molecule has 1 aromatic heterocycles. The Labute approximate surface area is 136 Å². The van der Waals surface area contributed by atoms with Crippen LogP contribution in [0.5, 0.6) is 5.75 Å². The Morgan fingerprint density at radius 2 is 1.90 bits per heavy atom. The third-order valence-corrected chi connectivity index (χ3v) is 4.01. The SMILES string of the molecule is O=Cc1cc2cc(OCc3ccccc3)ccc2nc1I. The van der Waals surface area contributed by atoms with E-state index in [1.54, 1.807) is 0 Å². The summed E-state index contributed by atoms with van der Waals surface area (Å²) in [5.74, 6) is 0.770. The van der Waals surface area contributed by atoms with Crippen LogP contribution in [0.4, 0.5) is 0 Å². The molecule has 4 heteroatoms. The van der Waals surface area contributed by atoms with Crippen LogP contribution in [0.2, 0.25) is 0 Å². The molecule has 1 heterocycles. The molecule has 0 saturated carbocycles. The van der Waals surface area contributed by atoms with E-state index in [9.17, 15) is 4.79 Å². The molecule has 21 heavy (non-hydrogen) atoms. The minimum absolute atomic E-state index is 0.519. The first-order valence-electron chi connectivity index (χ1n) is 6.48. The number of hydrogen-bond acceptors (Lipinski definition) is 3. The standard InChI is InChI=1S/C17H12INO2/c18-17-14(10-20)8-13-9-15(6-7-16(13)19-17)21-11-12-4-2-1-3-5-12/h1-10H,11H2. The van der Waals surface area contributed by atoms with Crippen LogP contribution in [-0.4, -0.2) is 11.3 Å². The minimum atomic E-state index is 0.519. The molecule has 0 spiro atoms. The fraction of sp³-hybridized carbons (Fsp3) is 0.0588. The Bertz CT molecular complexity index is 787. The van der Waals surface area contributed by atoms with Gasteiger partial charge in [0.05, 0.1) is 5.52 Å². The summed E-state index contributed by atoms with van der Waals surface area (Å²) < 4.78 is 6.50. The molecule has 0 N–H and O–H groups in total. The minimum Gasteiger partial charge on any atom is -0.489 e. The van der Waals surface area contributed by atoms with Gasteiger partial charge in [-0.15, -0.1) is 0 Å². The fourth-order valence-corrected chi connectivity index (χ4v) is 2.60. The number of carbonyl (C=O) groups is 1. The monoisotopic (exact) mass is 389 g/mol. The largest absolute Gasteiger partial charge is 0.489 e. The van der Waals surface area contributed by atoms with Crippen LogP contribution < -0.4 is 4.74 Å². The number of hydrogen-bond donors (Lipinski definition) is 0. The molecule has 3 nitrogen and oxygen atoms in total. The van der Waals surface area contributed by atoms with E-state index in [-0.39, 0.29) is 0 Å². The Morgan fingerprint density at radius 1 is 1.10 bits per heavy atom. The first-order chi connectivity index (χ1) is 10.3. The van der Waals surface area contributed by atoms with Crippen LogP contribution in [0.3, 0.4) is 0 Å². The third kappa shape index (κ3) is 3.21. The molecule has 0 aliphatic heterocycles. The first kappa shape index (κ1) is 14.0. The van der Waals surface area contributed by atoms with Gasteiger partial charge in [0.15, 0.2) is 6.29 Å². The summed E-state index contributed by atoms with van der Waals surface area (Å²) in [6, 6.07) is 17.6. The Hall–Kier alpha value is -1.95. The van der Waals surface area contributed by atoms with Gasteiger partial charge in [-0.1, -0.05) is 30.3 Å². The molecule has 2 aromatic carbocycles. The summed E-state index contributed by atoms with van der Waals surface area (Å²) in [5, 5.41) is 0.906. The Kier molecular flexibility index (Phi) is 4.15. The summed E-state index contributed by atoms with van der Waals surface area (Å²) in [7, 11) is 0. The lowest BCUT2D eigenvalue weighted by molar-refractivity contribution is 0.112. The van der Waals surface area contributed by atoms with Crippen LogP contribution in [0.25, 0.3) is 10.9 Å². The maximum Gasteiger partial charge on any atom is 0.152 e. The number of carbonyl (C=O) groups excluding carboxylic acids is 1. The van der Waals surface area contributed by atoms with Gasteiger partial charge < -0.3 is 4.74 Å². The van der Waals surface area contributed by atoms with Gasteiger partial charge in [0, 0.05) is 10.9 Å². The average molecular weight is 389 g/mol. The summed E-state index contributed by atoms with van der Waals surface area (Å²) >= 11 is 2.07. The molecule has 0 fully saturated rings. The predicted octanol–water partition coefficient (Wildman–Crippen LogP) is 4.23. The van der Waals surface area contributed by atoms with Crippen molar-refractivity contribution in [3.05, 3.63) is 69.4 Å². The summed E-state index contributed by atoms with van der Waals surface area (Å²) in [6.45, 7) is 0.519. The number of aldehydes is 1. The van der Waals surface area contributed by atoms with E-state index in [1.165, 1.54) is 0 Å². The third-order valence-electron chi connectivity index (χ3n) is 3.14. The van der Waals surface area contributed by atoms with Crippen molar-refractivity contribution in [1.29, 1.82) is 0 Å². The van der Waals surface area contributed by atoms with Gasteiger partial charge in [0.2, 0.25) is 0 Å². The smallest absolute Gasteiger partial charge is 0.152 e. The number of ether oxygens (including phenoxy) is 1. The van der Waals surface area contributed by atoms with Gasteiger partial charge >= 0.3 is 0 Å². The van der Waals surface area contributed by atoms with Crippen molar-refractivity contribution in [2.75, 3.05) is 0 Å². The van der Waals surface area contributed by atoms with E-state index in [1.807, 2.05) is 54.6 Å². The molecule has 0 unspecified atom stereocenters. The fourth-order valence-electron chi connectivity index (χ4n) is 2.06. The zero-order chi connectivity index (χ0) is 14.7. The second kappa shape index (κ2) is 6.22. The Morgan fingerprint density at radius 3 is 2.67 bits per heavy atom. The highest BCUT2D eigenvalue weighted by atomic mass is 127. The van der Waals surface area contributed by atoms with Gasteiger partial charge in [0.25, 0.3) is 0 Å². The van der Waals surface area contributed by atoms with Crippen molar-refractivity contribution >= 4 is 39.8 Å². The molecule has 0 aliphatic carbocycles. The van der Waals surface area contributed by atoms with Gasteiger partial charge in [-0.3, -0.25) is 4.79 Å². The van der Waals surface area contributed by atoms with Gasteiger partial charge in [-0.05, 0) is 52.4 Å². The van der Waals surface area contributed by atoms with E-state index >= 15 is 0 Å². The van der Waals surface area contributed by atoms with Crippen LogP contribution in [0.15, 0.2) is 54.6 Å². The molecule has 0 amide bonds. The van der Waals surface area contributed by atoms with Crippen molar-refractivity contribution in [2.24, 2.45) is 0 Å². The molecule has 3 rings (SSSR count). The zero-order valence-corrected chi connectivity index (χ0v) is 13.3. The van der Waals surface area contributed by atoms with E-state index in [0.717, 1.165) is 28.5 Å². The highest BCUT2D eigenvalue weighted by Crippen LogP contribution is 2.23. The van der Waals surface area contributed by atoms with Crippen LogP contribution in [0, 0.1) is 3.70 Å². The van der Waals surface area contributed by atoms with Gasteiger partial charge in [-0.2, -0.15) is 0 Å². The normalized spacial score (nSPS) is 10.5. The van der Waals surface area contributed by atoms with Crippen molar-refractivity contribution in [1.82, 2.24) is 4.98 Å². The molecular weight excluding hydrogens is 377 g/mol. The molecule has 0 radical (unpaired) electrons. The van der Waals surface area contributed by atoms with Gasteiger partial charge in [-0.25, -0.2) is 4.98 Å². The molecule has 104 valence electrons. The highest BCUT2D eigenvalue weighted by molar-refractivity contribution is 14.1. The van der Waals surface area contributed by atoms with Crippen molar-refractivity contribution in [3.63, 3.8) is 0 Å². The van der Waals surface area contributed by atoms with E-state index < -0.39 is 0 Å². The lowest BCUT2D eigenvalue weighted by atomic mass is 10.1. The Balaban J connectivity index is 1.86. The molecule has 3 aromatic rings. The second-order valence-electron chi connectivity index (χ2n) is 4.62. The van der Waals surface area contributed by atoms with E-state index in [4.69, 9.17) is 4.74 Å². The number of pyridine rings is 1. The average Bonchev–Trinajstić information content (AvgIpc) is 2.53. The lowest BCUT2D eigenvalue weighted by Gasteiger charge is -2.08. The molecule has 0 saturated heterocycles. The number of benzene rings is 2. The van der Waals surface area contributed by atoms with Crippen LogP contribution in [-0.2, 0) is 6.61 Å².